The van der Waals surface area contributed by atoms with Crippen LogP contribution in [0, 0.1) is 0 Å². The molecule has 322 valence electrons. The largest absolute Gasteiger partial charge is 0.456 e. The number of para-hydroxylation sites is 3. The molecule has 0 aliphatic carbocycles. The standard InChI is InChI=1S/C63H38N4O2/c1-3-15-39(16-4-1)46-36-52(43-20-13-19-41(33-43)42-30-32-58-53(35-42)50-25-9-12-28-57(50)68-58)60-54(37-46)48-23-7-10-26-55(48)67(60)47-22-14-21-44(34-47)62-64-61(40-17-5-2-6-18-40)65-63(66-62)45-29-31-51-49-24-8-11-27-56(49)69-59(51)38-45/h1-38H. The summed E-state index contributed by atoms with van der Waals surface area (Å²) in [7, 11) is 0. The van der Waals surface area contributed by atoms with Crippen molar-refractivity contribution in [1.82, 2.24) is 19.5 Å². The van der Waals surface area contributed by atoms with Crippen LogP contribution in [0.1, 0.15) is 0 Å². The zero-order valence-electron chi connectivity index (χ0n) is 37.0. The number of rotatable bonds is 7. The van der Waals surface area contributed by atoms with Gasteiger partial charge in [-0.05, 0) is 101 Å². The van der Waals surface area contributed by atoms with Crippen molar-refractivity contribution in [3.8, 4) is 73.2 Å². The van der Waals surface area contributed by atoms with Crippen LogP contribution in [0.25, 0.3) is 139 Å². The summed E-state index contributed by atoms with van der Waals surface area (Å²) in [5.41, 5.74) is 16.0. The first-order valence-corrected chi connectivity index (χ1v) is 23.2. The van der Waals surface area contributed by atoms with Gasteiger partial charge in [-0.3, -0.25) is 0 Å². The highest BCUT2D eigenvalue weighted by atomic mass is 16.3. The third-order valence-corrected chi connectivity index (χ3v) is 13.4. The molecule has 4 heterocycles. The van der Waals surface area contributed by atoms with Gasteiger partial charge >= 0.3 is 0 Å². The van der Waals surface area contributed by atoms with Crippen LogP contribution in [0.3, 0.4) is 0 Å². The van der Waals surface area contributed by atoms with Gasteiger partial charge in [-0.25, -0.2) is 15.0 Å². The third kappa shape index (κ3) is 6.53. The second-order valence-corrected chi connectivity index (χ2v) is 17.6. The van der Waals surface area contributed by atoms with Crippen LogP contribution in [-0.4, -0.2) is 19.5 Å². The molecule has 0 saturated heterocycles. The fourth-order valence-electron chi connectivity index (χ4n) is 10.2. The van der Waals surface area contributed by atoms with E-state index in [4.69, 9.17) is 23.8 Å². The molecule has 0 aliphatic rings. The number of nitrogens with zero attached hydrogens (tertiary/aromatic N) is 4. The summed E-state index contributed by atoms with van der Waals surface area (Å²) in [5.74, 6) is 1.74. The number of fused-ring (bicyclic) bond motifs is 9. The number of aromatic nitrogens is 4. The van der Waals surface area contributed by atoms with Gasteiger partial charge in [-0.15, -0.1) is 0 Å². The third-order valence-electron chi connectivity index (χ3n) is 13.4. The number of hydrogen-bond acceptors (Lipinski definition) is 5. The van der Waals surface area contributed by atoms with E-state index in [0.29, 0.717) is 17.5 Å². The average Bonchev–Trinajstić information content (AvgIpc) is 4.10. The molecule has 0 atom stereocenters. The zero-order valence-corrected chi connectivity index (χ0v) is 37.0. The van der Waals surface area contributed by atoms with E-state index in [1.807, 2.05) is 66.7 Å². The van der Waals surface area contributed by atoms with Crippen LogP contribution in [0.15, 0.2) is 239 Å². The van der Waals surface area contributed by atoms with E-state index in [9.17, 15) is 0 Å². The molecule has 0 fully saturated rings. The van der Waals surface area contributed by atoms with Gasteiger partial charge in [0.2, 0.25) is 0 Å². The summed E-state index contributed by atoms with van der Waals surface area (Å²) in [4.78, 5) is 15.4. The van der Waals surface area contributed by atoms with Gasteiger partial charge in [0.1, 0.15) is 22.3 Å². The van der Waals surface area contributed by atoms with Crippen molar-refractivity contribution in [2.24, 2.45) is 0 Å². The van der Waals surface area contributed by atoms with E-state index in [1.165, 1.54) is 10.8 Å². The Kier molecular flexibility index (Phi) is 8.79. The van der Waals surface area contributed by atoms with Crippen molar-refractivity contribution in [3.63, 3.8) is 0 Å². The van der Waals surface area contributed by atoms with Crippen LogP contribution in [0.4, 0.5) is 0 Å². The quantitative estimate of drug-likeness (QED) is 0.159. The number of hydrogen-bond donors (Lipinski definition) is 0. The lowest BCUT2D eigenvalue weighted by molar-refractivity contribution is 0.668. The summed E-state index contributed by atoms with van der Waals surface area (Å²) >= 11 is 0. The molecule has 0 N–H and O–H groups in total. The fourth-order valence-corrected chi connectivity index (χ4v) is 10.2. The lowest BCUT2D eigenvalue weighted by Gasteiger charge is -2.15. The predicted molar refractivity (Wildman–Crippen MR) is 281 cm³/mol. The minimum Gasteiger partial charge on any atom is -0.456 e. The maximum absolute atomic E-state index is 6.32. The first kappa shape index (κ1) is 38.8. The molecule has 0 unspecified atom stereocenters. The Morgan fingerprint density at radius 3 is 1.58 bits per heavy atom. The van der Waals surface area contributed by atoms with E-state index in [2.05, 4.69) is 168 Å². The Bertz CT molecular complexity index is 4320. The summed E-state index contributed by atoms with van der Waals surface area (Å²) in [5, 5.41) is 6.69. The van der Waals surface area contributed by atoms with Gasteiger partial charge in [0.25, 0.3) is 0 Å². The normalized spacial score (nSPS) is 11.8. The van der Waals surface area contributed by atoms with Gasteiger partial charge in [0, 0.05) is 60.3 Å². The topological polar surface area (TPSA) is 69.9 Å². The van der Waals surface area contributed by atoms with E-state index >= 15 is 0 Å². The summed E-state index contributed by atoms with van der Waals surface area (Å²) in [6.45, 7) is 0. The van der Waals surface area contributed by atoms with Crippen LogP contribution in [0.5, 0.6) is 0 Å². The van der Waals surface area contributed by atoms with Gasteiger partial charge < -0.3 is 13.4 Å². The minimum absolute atomic E-state index is 0.569. The second kappa shape index (κ2) is 15.6. The predicted octanol–water partition coefficient (Wildman–Crippen LogP) is 16.8. The first-order valence-electron chi connectivity index (χ1n) is 23.2. The van der Waals surface area contributed by atoms with Gasteiger partial charge in [-0.2, -0.15) is 0 Å². The van der Waals surface area contributed by atoms with Crippen molar-refractivity contribution < 1.29 is 8.83 Å². The Labute approximate surface area is 396 Å². The molecule has 6 nitrogen and oxygen atoms in total. The maximum atomic E-state index is 6.32. The van der Waals surface area contributed by atoms with E-state index < -0.39 is 0 Å². The van der Waals surface area contributed by atoms with Crippen molar-refractivity contribution in [2.75, 3.05) is 0 Å². The van der Waals surface area contributed by atoms with Crippen LogP contribution < -0.4 is 0 Å². The van der Waals surface area contributed by atoms with Crippen molar-refractivity contribution in [1.29, 1.82) is 0 Å². The molecule has 0 bridgehead atoms. The molecule has 0 aliphatic heterocycles. The van der Waals surface area contributed by atoms with Crippen molar-refractivity contribution in [2.45, 2.75) is 0 Å². The highest BCUT2D eigenvalue weighted by molar-refractivity contribution is 6.16. The number of furan rings is 2. The Morgan fingerprint density at radius 1 is 0.275 bits per heavy atom. The fraction of sp³-hybridized carbons (Fsp3) is 0. The maximum Gasteiger partial charge on any atom is 0.164 e. The molecule has 10 aromatic carbocycles. The Morgan fingerprint density at radius 2 is 0.797 bits per heavy atom. The molecule has 4 aromatic heterocycles. The molecule has 6 heteroatoms. The first-order chi connectivity index (χ1) is 34.2. The highest BCUT2D eigenvalue weighted by Crippen LogP contribution is 2.43. The lowest BCUT2D eigenvalue weighted by atomic mass is 9.93. The molecule has 69 heavy (non-hydrogen) atoms. The van der Waals surface area contributed by atoms with E-state index in [0.717, 1.165) is 111 Å². The molecular weight excluding hydrogens is 845 g/mol. The van der Waals surface area contributed by atoms with Crippen LogP contribution >= 0.6 is 0 Å². The molecule has 0 radical (unpaired) electrons. The monoisotopic (exact) mass is 882 g/mol. The highest BCUT2D eigenvalue weighted by Gasteiger charge is 2.21. The van der Waals surface area contributed by atoms with E-state index in [-0.39, 0.29) is 0 Å². The molecular formula is C63H38N4O2. The molecule has 0 saturated carbocycles. The molecule has 14 rings (SSSR count). The minimum atomic E-state index is 0.569. The lowest BCUT2D eigenvalue weighted by Crippen LogP contribution is -2.01. The number of benzene rings is 10. The van der Waals surface area contributed by atoms with Crippen LogP contribution in [-0.2, 0) is 0 Å². The Hall–Kier alpha value is -9.39. The smallest absolute Gasteiger partial charge is 0.164 e. The summed E-state index contributed by atoms with van der Waals surface area (Å²) in [6, 6.07) is 80.8. The summed E-state index contributed by atoms with van der Waals surface area (Å²) < 4.78 is 14.9. The van der Waals surface area contributed by atoms with Crippen molar-refractivity contribution in [3.05, 3.63) is 231 Å². The zero-order chi connectivity index (χ0) is 45.4. The average molecular weight is 883 g/mol. The van der Waals surface area contributed by atoms with Gasteiger partial charge in [0.05, 0.1) is 11.0 Å². The summed E-state index contributed by atoms with van der Waals surface area (Å²) in [6.07, 6.45) is 0. The second-order valence-electron chi connectivity index (χ2n) is 17.6. The molecule has 0 amide bonds. The molecule has 0 spiro atoms. The Balaban J connectivity index is 0.964. The SMILES string of the molecule is c1ccc(-c2cc(-c3cccc(-c4ccc5oc6ccccc6c5c4)c3)c3c(c2)c2ccccc2n3-c2cccc(-c3nc(-c4ccccc4)nc(-c4ccc5c(c4)oc4ccccc45)n3)c2)cc1. The van der Waals surface area contributed by atoms with Crippen LogP contribution in [0.2, 0.25) is 0 Å². The van der Waals surface area contributed by atoms with Crippen molar-refractivity contribution >= 4 is 65.7 Å². The molecule has 14 aromatic rings. The van der Waals surface area contributed by atoms with E-state index in [1.54, 1.807) is 0 Å². The van der Waals surface area contributed by atoms with Gasteiger partial charge in [-0.1, -0.05) is 158 Å². The van der Waals surface area contributed by atoms with Gasteiger partial charge in [0.15, 0.2) is 17.5 Å².